The van der Waals surface area contributed by atoms with Crippen LogP contribution in [0.4, 0.5) is 5.69 Å². The van der Waals surface area contributed by atoms with Crippen molar-refractivity contribution in [2.24, 2.45) is 5.92 Å². The molecular formula is C37H52N4O5S. The molecule has 5 atom stereocenters. The third kappa shape index (κ3) is 8.83. The molecule has 5 unspecified atom stereocenters. The zero-order valence-corrected chi connectivity index (χ0v) is 29.5. The fourth-order valence-corrected chi connectivity index (χ4v) is 7.57. The molecule has 256 valence electrons. The summed E-state index contributed by atoms with van der Waals surface area (Å²) in [5.74, 6) is 0.848. The van der Waals surface area contributed by atoms with Crippen LogP contribution in [0.1, 0.15) is 72.5 Å². The molecule has 3 aliphatic rings. The largest absolute Gasteiger partial charge is 0.491 e. The van der Waals surface area contributed by atoms with Crippen LogP contribution in [-0.4, -0.2) is 97.2 Å². The predicted octanol–water partition coefficient (Wildman–Crippen LogP) is 4.86. The number of hydrogen-bond acceptors (Lipinski definition) is 7. The Balaban J connectivity index is 1.16. The molecule has 2 aromatic rings. The summed E-state index contributed by atoms with van der Waals surface area (Å²) in [4.78, 5) is 32.5. The van der Waals surface area contributed by atoms with E-state index < -0.39 is 11.0 Å². The number of aryl methyl sites for hydroxylation is 2. The highest BCUT2D eigenvalue weighted by molar-refractivity contribution is 7.84. The van der Waals surface area contributed by atoms with E-state index in [1.807, 2.05) is 56.0 Å². The van der Waals surface area contributed by atoms with Gasteiger partial charge in [-0.15, -0.1) is 0 Å². The normalized spacial score (nSPS) is 20.9. The highest BCUT2D eigenvalue weighted by Gasteiger charge is 2.32. The number of fused-ring (bicyclic) bond motifs is 1. The number of morpholine rings is 1. The van der Waals surface area contributed by atoms with Crippen molar-refractivity contribution in [2.75, 3.05) is 65.0 Å². The summed E-state index contributed by atoms with van der Waals surface area (Å²) in [7, 11) is 2.28. The SMILES string of the molecule is Cc1ccc2c(c1)CCCC2COc1ccc(C(=O)NS(=O)C(C)C(C)C/C=C/C(C(=O)N2CCOCC2)N2CCC2)cc1N(C)C. The molecule has 0 aromatic heterocycles. The molecule has 47 heavy (non-hydrogen) atoms. The van der Waals surface area contributed by atoms with Crippen molar-refractivity contribution in [3.05, 3.63) is 70.8 Å². The zero-order chi connectivity index (χ0) is 33.5. The summed E-state index contributed by atoms with van der Waals surface area (Å²) in [6, 6.07) is 11.8. The standard InChI is InChI=1S/C37H52N4O5S/c1-26-13-15-32-29(23-26)10-7-11-31(32)25-46-35-16-14-30(24-34(35)39(4)5)36(42)38-47(44)28(3)27(2)9-6-12-33(40-17-8-18-40)37(43)41-19-21-45-22-20-41/h6,12-16,23-24,27-28,31,33H,7-11,17-22,25H2,1-5H3,(H,38,42)/b12-6+. The van der Waals surface area contributed by atoms with Crippen LogP contribution in [0.2, 0.25) is 0 Å². The van der Waals surface area contributed by atoms with Gasteiger partial charge in [0, 0.05) is 51.8 Å². The van der Waals surface area contributed by atoms with Crippen LogP contribution < -0.4 is 14.4 Å². The van der Waals surface area contributed by atoms with Gasteiger partial charge in [-0.05, 0) is 81.2 Å². The third-order valence-electron chi connectivity index (χ3n) is 9.90. The van der Waals surface area contributed by atoms with Crippen molar-refractivity contribution in [1.29, 1.82) is 0 Å². The van der Waals surface area contributed by atoms with Crippen molar-refractivity contribution in [2.45, 2.75) is 70.1 Å². The van der Waals surface area contributed by atoms with Crippen molar-refractivity contribution in [1.82, 2.24) is 14.5 Å². The van der Waals surface area contributed by atoms with E-state index in [-0.39, 0.29) is 29.0 Å². The monoisotopic (exact) mass is 664 g/mol. The number of nitrogens with one attached hydrogen (secondary N) is 1. The first kappa shape index (κ1) is 35.1. The number of anilines is 1. The van der Waals surface area contributed by atoms with Gasteiger partial charge in [0.2, 0.25) is 5.91 Å². The summed E-state index contributed by atoms with van der Waals surface area (Å²) >= 11 is 0. The first-order valence-electron chi connectivity index (χ1n) is 17.1. The average molecular weight is 665 g/mol. The maximum atomic E-state index is 13.3. The van der Waals surface area contributed by atoms with Crippen LogP contribution >= 0.6 is 0 Å². The minimum Gasteiger partial charge on any atom is -0.491 e. The molecule has 0 radical (unpaired) electrons. The molecule has 1 N–H and O–H groups in total. The highest BCUT2D eigenvalue weighted by atomic mass is 32.2. The second-order valence-corrected chi connectivity index (χ2v) is 15.1. The number of ether oxygens (including phenoxy) is 2. The fraction of sp³-hybridized carbons (Fsp3) is 0.568. The molecule has 2 aliphatic heterocycles. The van der Waals surface area contributed by atoms with Gasteiger partial charge in [0.1, 0.15) is 22.8 Å². The van der Waals surface area contributed by atoms with Crippen molar-refractivity contribution >= 4 is 28.5 Å². The van der Waals surface area contributed by atoms with Gasteiger partial charge < -0.3 is 19.3 Å². The van der Waals surface area contributed by atoms with E-state index in [1.165, 1.54) is 16.7 Å². The van der Waals surface area contributed by atoms with Crippen LogP contribution in [0.3, 0.4) is 0 Å². The summed E-state index contributed by atoms with van der Waals surface area (Å²) in [5, 5.41) is -0.279. The number of carbonyl (C=O) groups is 2. The number of likely N-dealkylation sites (tertiary alicyclic amines) is 1. The Morgan fingerprint density at radius 1 is 1.09 bits per heavy atom. The quantitative estimate of drug-likeness (QED) is 0.306. The topological polar surface area (TPSA) is 91.4 Å². The van der Waals surface area contributed by atoms with Gasteiger partial charge in [-0.3, -0.25) is 19.2 Å². The summed E-state index contributed by atoms with van der Waals surface area (Å²) < 4.78 is 27.8. The molecule has 0 bridgehead atoms. The van der Waals surface area contributed by atoms with Crippen LogP contribution in [0.5, 0.6) is 5.75 Å². The zero-order valence-electron chi connectivity index (χ0n) is 28.7. The number of rotatable bonds is 13. The molecule has 2 amide bonds. The van der Waals surface area contributed by atoms with E-state index >= 15 is 0 Å². The molecule has 1 aliphatic carbocycles. The first-order valence-corrected chi connectivity index (χ1v) is 18.4. The molecule has 5 rings (SSSR count). The Morgan fingerprint density at radius 2 is 1.85 bits per heavy atom. The Labute approximate surface area is 283 Å². The van der Waals surface area contributed by atoms with E-state index in [0.29, 0.717) is 50.8 Å². The third-order valence-corrected chi connectivity index (χ3v) is 11.4. The van der Waals surface area contributed by atoms with Crippen molar-refractivity contribution in [3.63, 3.8) is 0 Å². The summed E-state index contributed by atoms with van der Waals surface area (Å²) in [6.45, 7) is 10.9. The molecule has 0 saturated carbocycles. The van der Waals surface area contributed by atoms with Crippen LogP contribution in [-0.2, 0) is 26.9 Å². The maximum absolute atomic E-state index is 13.3. The molecule has 2 aromatic carbocycles. The predicted molar refractivity (Wildman–Crippen MR) is 188 cm³/mol. The van der Waals surface area contributed by atoms with Crippen molar-refractivity contribution in [3.8, 4) is 5.75 Å². The Morgan fingerprint density at radius 3 is 2.55 bits per heavy atom. The number of hydrogen-bond donors (Lipinski definition) is 1. The van der Waals surface area contributed by atoms with Crippen LogP contribution in [0.25, 0.3) is 0 Å². The molecule has 9 nitrogen and oxygen atoms in total. The van der Waals surface area contributed by atoms with Gasteiger partial charge in [0.25, 0.3) is 5.91 Å². The average Bonchev–Trinajstić information content (AvgIpc) is 3.05. The number of benzene rings is 2. The van der Waals surface area contributed by atoms with Gasteiger partial charge in [-0.25, -0.2) is 4.21 Å². The lowest BCUT2D eigenvalue weighted by Gasteiger charge is -2.39. The van der Waals surface area contributed by atoms with Gasteiger partial charge in [-0.2, -0.15) is 0 Å². The molecular weight excluding hydrogens is 612 g/mol. The fourth-order valence-electron chi connectivity index (χ4n) is 6.56. The minimum absolute atomic E-state index is 0.0323. The number of amides is 2. The molecule has 0 spiro atoms. The van der Waals surface area contributed by atoms with E-state index in [1.54, 1.807) is 12.1 Å². The first-order chi connectivity index (χ1) is 22.6. The minimum atomic E-state index is -1.58. The van der Waals surface area contributed by atoms with Crippen LogP contribution in [0.15, 0.2) is 48.6 Å². The van der Waals surface area contributed by atoms with Gasteiger partial charge in [-0.1, -0.05) is 42.8 Å². The number of allylic oxidation sites excluding steroid dienone is 1. The molecule has 2 heterocycles. The lowest BCUT2D eigenvalue weighted by atomic mass is 9.82. The Bertz CT molecular complexity index is 1450. The van der Waals surface area contributed by atoms with E-state index in [4.69, 9.17) is 9.47 Å². The highest BCUT2D eigenvalue weighted by Crippen LogP contribution is 2.35. The Kier molecular flexibility index (Phi) is 12.1. The van der Waals surface area contributed by atoms with Gasteiger partial charge in [0.15, 0.2) is 0 Å². The molecule has 2 fully saturated rings. The van der Waals surface area contributed by atoms with Crippen LogP contribution in [0, 0.1) is 12.8 Å². The van der Waals surface area contributed by atoms with Crippen molar-refractivity contribution < 1.29 is 23.3 Å². The van der Waals surface area contributed by atoms with Gasteiger partial charge in [0.05, 0.1) is 30.8 Å². The number of nitrogens with zero attached hydrogens (tertiary/aromatic N) is 3. The molecule has 2 saturated heterocycles. The summed E-state index contributed by atoms with van der Waals surface area (Å²) in [6.07, 6.45) is 9.17. The van der Waals surface area contributed by atoms with E-state index in [0.717, 1.165) is 50.2 Å². The number of carbonyl (C=O) groups excluding carboxylic acids is 2. The second kappa shape index (κ2) is 16.3. The van der Waals surface area contributed by atoms with E-state index in [2.05, 4.69) is 34.7 Å². The smallest absolute Gasteiger partial charge is 0.263 e. The molecule has 10 heteroatoms. The lowest BCUT2D eigenvalue weighted by molar-refractivity contribution is -0.140. The summed E-state index contributed by atoms with van der Waals surface area (Å²) in [5.41, 5.74) is 5.33. The Hall–Kier alpha value is -3.21. The van der Waals surface area contributed by atoms with Gasteiger partial charge >= 0.3 is 0 Å². The maximum Gasteiger partial charge on any atom is 0.263 e. The lowest BCUT2D eigenvalue weighted by Crippen LogP contribution is -2.54. The second-order valence-electron chi connectivity index (χ2n) is 13.5. The van der Waals surface area contributed by atoms with E-state index in [9.17, 15) is 13.8 Å².